The summed E-state index contributed by atoms with van der Waals surface area (Å²) in [7, 11) is 3.22. The minimum atomic E-state index is -0.432. The van der Waals surface area contributed by atoms with Crippen molar-refractivity contribution < 1.29 is 9.53 Å². The quantitative estimate of drug-likeness (QED) is 0.551. The topological polar surface area (TPSA) is 116 Å². The molecule has 29 heavy (non-hydrogen) atoms. The zero-order chi connectivity index (χ0) is 20.4. The number of amides is 2. The summed E-state index contributed by atoms with van der Waals surface area (Å²) in [5.74, 6) is 0.554. The normalized spacial score (nSPS) is 10.7. The van der Waals surface area contributed by atoms with Gasteiger partial charge in [-0.1, -0.05) is 6.07 Å². The predicted molar refractivity (Wildman–Crippen MR) is 108 cm³/mol. The number of hydrogen-bond donors (Lipinski definition) is 2. The average Bonchev–Trinajstić information content (AvgIpc) is 3.26. The monoisotopic (exact) mass is 391 g/mol. The Hall–Kier alpha value is -4.21. The number of ether oxygens (including phenoxy) is 1. The van der Waals surface area contributed by atoms with Crippen LogP contribution in [0.4, 0.5) is 16.2 Å². The molecule has 0 aliphatic rings. The second-order valence-electron chi connectivity index (χ2n) is 6.22. The molecule has 10 heteroatoms. The molecule has 0 aliphatic heterocycles. The molecule has 0 unspecified atom stereocenters. The number of tetrazole rings is 1. The fraction of sp³-hybridized carbons (Fsp3) is 0.105. The highest BCUT2D eigenvalue weighted by Crippen LogP contribution is 2.25. The number of anilines is 2. The third-order valence-corrected chi connectivity index (χ3v) is 4.42. The smallest absolute Gasteiger partial charge is 0.323 e. The zero-order valence-corrected chi connectivity index (χ0v) is 15.7. The van der Waals surface area contributed by atoms with Gasteiger partial charge in [-0.25, -0.2) is 4.79 Å². The molecule has 4 rings (SSSR count). The van der Waals surface area contributed by atoms with Crippen LogP contribution in [-0.4, -0.2) is 37.9 Å². The second-order valence-corrected chi connectivity index (χ2v) is 6.22. The van der Waals surface area contributed by atoms with Gasteiger partial charge in [0.1, 0.15) is 17.8 Å². The van der Waals surface area contributed by atoms with Crippen molar-refractivity contribution in [2.75, 3.05) is 17.7 Å². The summed E-state index contributed by atoms with van der Waals surface area (Å²) in [6, 6.07) is 13.3. The van der Waals surface area contributed by atoms with Crippen LogP contribution in [0, 0.1) is 0 Å². The lowest BCUT2D eigenvalue weighted by molar-refractivity contribution is 0.262. The van der Waals surface area contributed by atoms with E-state index in [0.717, 1.165) is 10.9 Å². The number of pyridine rings is 1. The maximum atomic E-state index is 12.5. The van der Waals surface area contributed by atoms with Gasteiger partial charge < -0.3 is 19.9 Å². The van der Waals surface area contributed by atoms with Gasteiger partial charge in [-0.05, 0) is 52.2 Å². The molecular formula is C19H17N7O3. The van der Waals surface area contributed by atoms with Crippen LogP contribution in [0.5, 0.6) is 5.75 Å². The third kappa shape index (κ3) is 3.63. The van der Waals surface area contributed by atoms with Crippen molar-refractivity contribution in [2.45, 2.75) is 0 Å². The molecule has 2 heterocycles. The Balaban J connectivity index is 1.56. The van der Waals surface area contributed by atoms with Gasteiger partial charge in [0.2, 0.25) is 0 Å². The van der Waals surface area contributed by atoms with Crippen molar-refractivity contribution in [1.29, 1.82) is 0 Å². The molecule has 146 valence electrons. The highest BCUT2D eigenvalue weighted by molar-refractivity contribution is 6.01. The van der Waals surface area contributed by atoms with Crippen LogP contribution in [0.2, 0.25) is 0 Å². The Morgan fingerprint density at radius 2 is 1.76 bits per heavy atom. The lowest BCUT2D eigenvalue weighted by Crippen LogP contribution is -2.20. The SMILES string of the molecule is COc1ccc(NC(=O)Nc2ccc3ccc(=O)n(C)c3c2)cc1-n1cnnn1. The first-order chi connectivity index (χ1) is 14.0. The molecule has 0 spiro atoms. The van der Waals surface area contributed by atoms with E-state index in [2.05, 4.69) is 26.2 Å². The first kappa shape index (κ1) is 18.2. The van der Waals surface area contributed by atoms with Crippen LogP contribution in [0.1, 0.15) is 0 Å². The number of nitrogens with one attached hydrogen (secondary N) is 2. The largest absolute Gasteiger partial charge is 0.494 e. The summed E-state index contributed by atoms with van der Waals surface area (Å²) < 4.78 is 8.28. The minimum Gasteiger partial charge on any atom is -0.494 e. The molecule has 2 N–H and O–H groups in total. The summed E-state index contributed by atoms with van der Waals surface area (Å²) in [6.45, 7) is 0. The number of carbonyl (C=O) groups excluding carboxylic acids is 1. The third-order valence-electron chi connectivity index (χ3n) is 4.42. The number of nitrogens with zero attached hydrogens (tertiary/aromatic N) is 5. The summed E-state index contributed by atoms with van der Waals surface area (Å²) >= 11 is 0. The minimum absolute atomic E-state index is 0.118. The molecule has 0 aliphatic carbocycles. The van der Waals surface area contributed by atoms with Gasteiger partial charge in [-0.3, -0.25) is 4.79 Å². The van der Waals surface area contributed by atoms with Gasteiger partial charge in [0.05, 0.1) is 12.6 Å². The number of carbonyl (C=O) groups is 1. The highest BCUT2D eigenvalue weighted by atomic mass is 16.5. The molecule has 2 aromatic heterocycles. The number of rotatable bonds is 4. The molecular weight excluding hydrogens is 374 g/mol. The van der Waals surface area contributed by atoms with Crippen molar-refractivity contribution in [3.05, 3.63) is 65.2 Å². The van der Waals surface area contributed by atoms with Gasteiger partial charge in [0.25, 0.3) is 5.56 Å². The van der Waals surface area contributed by atoms with E-state index in [1.807, 2.05) is 6.07 Å². The molecule has 0 saturated heterocycles. The molecule has 2 amide bonds. The summed E-state index contributed by atoms with van der Waals surface area (Å²) in [5, 5.41) is 17.5. The van der Waals surface area contributed by atoms with Crippen molar-refractivity contribution >= 4 is 28.3 Å². The summed E-state index contributed by atoms with van der Waals surface area (Å²) in [5.41, 5.74) is 2.27. The van der Waals surface area contributed by atoms with Crippen LogP contribution in [0.3, 0.4) is 0 Å². The summed E-state index contributed by atoms with van der Waals surface area (Å²) in [4.78, 5) is 24.3. The van der Waals surface area contributed by atoms with Crippen molar-refractivity contribution in [3.8, 4) is 11.4 Å². The predicted octanol–water partition coefficient (Wildman–Crippen LogP) is 2.17. The lowest BCUT2D eigenvalue weighted by atomic mass is 10.2. The van der Waals surface area contributed by atoms with Crippen LogP contribution >= 0.6 is 0 Å². The maximum Gasteiger partial charge on any atom is 0.323 e. The molecule has 0 fully saturated rings. The van der Waals surface area contributed by atoms with Crippen LogP contribution in [0.15, 0.2) is 59.7 Å². The van der Waals surface area contributed by atoms with Crippen molar-refractivity contribution in [2.24, 2.45) is 7.05 Å². The Morgan fingerprint density at radius 3 is 2.48 bits per heavy atom. The van der Waals surface area contributed by atoms with E-state index in [1.54, 1.807) is 43.4 Å². The second kappa shape index (κ2) is 7.43. The Kier molecular flexibility index (Phi) is 4.65. The fourth-order valence-corrected chi connectivity index (χ4v) is 2.96. The fourth-order valence-electron chi connectivity index (χ4n) is 2.96. The number of aryl methyl sites for hydroxylation is 1. The Morgan fingerprint density at radius 1 is 1.03 bits per heavy atom. The zero-order valence-electron chi connectivity index (χ0n) is 15.7. The van der Waals surface area contributed by atoms with E-state index in [4.69, 9.17) is 4.74 Å². The van der Waals surface area contributed by atoms with E-state index >= 15 is 0 Å². The lowest BCUT2D eigenvalue weighted by Gasteiger charge is -2.12. The Bertz CT molecular complexity index is 1250. The van der Waals surface area contributed by atoms with E-state index in [-0.39, 0.29) is 5.56 Å². The summed E-state index contributed by atoms with van der Waals surface area (Å²) in [6.07, 6.45) is 1.43. The average molecular weight is 391 g/mol. The molecule has 0 bridgehead atoms. The number of aromatic nitrogens is 5. The molecule has 2 aromatic carbocycles. The number of hydrogen-bond acceptors (Lipinski definition) is 6. The number of fused-ring (bicyclic) bond motifs is 1. The molecule has 4 aromatic rings. The van der Waals surface area contributed by atoms with Crippen LogP contribution < -0.4 is 20.9 Å². The Labute approximate surface area is 164 Å². The van der Waals surface area contributed by atoms with Crippen molar-refractivity contribution in [3.63, 3.8) is 0 Å². The van der Waals surface area contributed by atoms with Gasteiger partial charge in [-0.2, -0.15) is 4.68 Å². The van der Waals surface area contributed by atoms with E-state index in [9.17, 15) is 9.59 Å². The number of benzene rings is 2. The molecule has 0 atom stereocenters. The first-order valence-corrected chi connectivity index (χ1v) is 8.64. The van der Waals surface area contributed by atoms with E-state index < -0.39 is 6.03 Å². The van der Waals surface area contributed by atoms with Crippen molar-refractivity contribution in [1.82, 2.24) is 24.8 Å². The number of methoxy groups -OCH3 is 1. The van der Waals surface area contributed by atoms with Gasteiger partial charge in [0, 0.05) is 24.5 Å². The highest BCUT2D eigenvalue weighted by Gasteiger charge is 2.10. The van der Waals surface area contributed by atoms with Gasteiger partial charge >= 0.3 is 6.03 Å². The van der Waals surface area contributed by atoms with Crippen LogP contribution in [-0.2, 0) is 7.05 Å². The van der Waals surface area contributed by atoms with Gasteiger partial charge in [0.15, 0.2) is 0 Å². The number of urea groups is 1. The standard InChI is InChI=1S/C19H17N7O3/c1-25-15-9-13(5-3-12(15)4-8-18(25)27)21-19(28)22-14-6-7-17(29-2)16(10-14)26-11-20-23-24-26/h3-11H,1-2H3,(H2,21,22,28). The van der Waals surface area contributed by atoms with Gasteiger partial charge in [-0.15, -0.1) is 5.10 Å². The van der Waals surface area contributed by atoms with Crippen LogP contribution in [0.25, 0.3) is 16.6 Å². The molecule has 0 radical (unpaired) electrons. The first-order valence-electron chi connectivity index (χ1n) is 8.64. The van der Waals surface area contributed by atoms with E-state index in [1.165, 1.54) is 28.8 Å². The maximum absolute atomic E-state index is 12.5. The molecule has 10 nitrogen and oxygen atoms in total. The molecule has 0 saturated carbocycles. The van der Waals surface area contributed by atoms with E-state index in [0.29, 0.717) is 22.8 Å².